The van der Waals surface area contributed by atoms with Crippen LogP contribution in [-0.4, -0.2) is 62.2 Å². The number of hydrogen-bond acceptors (Lipinski definition) is 6. The summed E-state index contributed by atoms with van der Waals surface area (Å²) < 4.78 is 21.9. The van der Waals surface area contributed by atoms with Crippen molar-refractivity contribution in [2.75, 3.05) is 13.1 Å². The Morgan fingerprint density at radius 1 is 1.29 bits per heavy atom. The molecule has 10 heteroatoms. The molecule has 34 heavy (non-hydrogen) atoms. The summed E-state index contributed by atoms with van der Waals surface area (Å²) in [5.74, 6) is -0.0843. The van der Waals surface area contributed by atoms with Crippen LogP contribution in [-0.2, 0) is 14.2 Å². The molecule has 1 amide bonds. The molecule has 1 saturated carbocycles. The molecule has 2 saturated heterocycles. The Balaban J connectivity index is 1.43. The zero-order valence-corrected chi connectivity index (χ0v) is 23.2. The van der Waals surface area contributed by atoms with Gasteiger partial charge in [-0.25, -0.2) is 9.78 Å². The van der Waals surface area contributed by atoms with Crippen LogP contribution in [0, 0.1) is 15.4 Å². The van der Waals surface area contributed by atoms with Gasteiger partial charge >= 0.3 is 6.09 Å². The lowest BCUT2D eigenvalue weighted by Gasteiger charge is -2.38. The molecule has 2 aromatic heterocycles. The maximum atomic E-state index is 12.8. The van der Waals surface area contributed by atoms with E-state index < -0.39 is 11.4 Å². The number of ether oxygens (including phenoxy) is 3. The number of aromatic nitrogens is 3. The maximum Gasteiger partial charge on any atom is 0.410 e. The van der Waals surface area contributed by atoms with Crippen molar-refractivity contribution in [3.8, 4) is 0 Å². The van der Waals surface area contributed by atoms with Gasteiger partial charge in [0.15, 0.2) is 5.79 Å². The van der Waals surface area contributed by atoms with Gasteiger partial charge in [-0.3, -0.25) is 0 Å². The molecule has 8 nitrogen and oxygen atoms in total. The molecule has 0 N–H and O–H groups in total. The first-order valence-electron chi connectivity index (χ1n) is 11.9. The highest BCUT2D eigenvalue weighted by Gasteiger charge is 2.56. The zero-order valence-electron chi connectivity index (χ0n) is 20.3. The van der Waals surface area contributed by atoms with Gasteiger partial charge in [0.1, 0.15) is 17.4 Å². The van der Waals surface area contributed by atoms with Crippen molar-refractivity contribution >= 4 is 51.3 Å². The smallest absolute Gasteiger partial charge is 0.410 e. The molecular weight excluding hydrogens is 571 g/mol. The van der Waals surface area contributed by atoms with Crippen molar-refractivity contribution in [2.45, 2.75) is 83.5 Å². The third-order valence-electron chi connectivity index (χ3n) is 7.04. The van der Waals surface area contributed by atoms with E-state index in [-0.39, 0.29) is 35.5 Å². The Labute approximate surface area is 218 Å². The lowest BCUT2D eigenvalue weighted by atomic mass is 9.83. The summed E-state index contributed by atoms with van der Waals surface area (Å²) >= 11 is 8.48. The first-order valence-corrected chi connectivity index (χ1v) is 13.4. The summed E-state index contributed by atoms with van der Waals surface area (Å²) in [7, 11) is 0. The molecule has 0 spiro atoms. The Hall–Kier alpha value is -1.17. The summed E-state index contributed by atoms with van der Waals surface area (Å²) in [6.45, 7) is 11.1. The second-order valence-corrected chi connectivity index (χ2v) is 12.6. The van der Waals surface area contributed by atoms with Crippen LogP contribution in [0.1, 0.15) is 59.9 Å². The molecule has 2 aliphatic heterocycles. The summed E-state index contributed by atoms with van der Waals surface area (Å²) in [6.07, 6.45) is 6.42. The van der Waals surface area contributed by atoms with E-state index in [4.69, 9.17) is 25.8 Å². The molecule has 186 valence electrons. The predicted octanol–water partition coefficient (Wildman–Crippen LogP) is 5.42. The van der Waals surface area contributed by atoms with Crippen molar-refractivity contribution < 1.29 is 19.0 Å². The number of piperidine rings is 1. The molecule has 4 heterocycles. The first kappa shape index (κ1) is 24.5. The Kier molecular flexibility index (Phi) is 6.30. The van der Waals surface area contributed by atoms with Crippen LogP contribution >= 0.6 is 34.2 Å². The van der Waals surface area contributed by atoms with Crippen LogP contribution in [0.2, 0.25) is 5.28 Å². The highest BCUT2D eigenvalue weighted by atomic mass is 127. The van der Waals surface area contributed by atoms with Crippen LogP contribution in [0.3, 0.4) is 0 Å². The van der Waals surface area contributed by atoms with Crippen LogP contribution < -0.4 is 0 Å². The van der Waals surface area contributed by atoms with Crippen molar-refractivity contribution in [3.05, 3.63) is 21.2 Å². The maximum absolute atomic E-state index is 12.8. The van der Waals surface area contributed by atoms with E-state index in [1.807, 2.05) is 39.5 Å². The summed E-state index contributed by atoms with van der Waals surface area (Å²) in [6, 6.07) is 0.0608. The Bertz CT molecular complexity index is 1100. The second-order valence-electron chi connectivity index (χ2n) is 11.1. The number of nitrogens with zero attached hydrogens (tertiary/aromatic N) is 4. The number of hydrogen-bond donors (Lipinski definition) is 0. The minimum Gasteiger partial charge on any atom is -0.444 e. The fourth-order valence-corrected chi connectivity index (χ4v) is 6.61. The normalized spacial score (nSPS) is 31.1. The average Bonchev–Trinajstić information content (AvgIpc) is 3.34. The summed E-state index contributed by atoms with van der Waals surface area (Å²) in [5, 5.41) is 1.22. The molecule has 3 fully saturated rings. The minimum atomic E-state index is -0.658. The van der Waals surface area contributed by atoms with E-state index in [2.05, 4.69) is 43.3 Å². The number of carbonyl (C=O) groups is 1. The van der Waals surface area contributed by atoms with Gasteiger partial charge in [-0.2, -0.15) is 4.98 Å². The SMILES string of the molecule is CC(C)(C)OC(=O)N1CCCC(C2C[C@@H](n3cc(I)c4cnc(Cl)nc43)[C@@H]3OC(C)(C)O[C@H]23)C1. The van der Waals surface area contributed by atoms with Crippen molar-refractivity contribution in [2.24, 2.45) is 11.8 Å². The van der Waals surface area contributed by atoms with Gasteiger partial charge in [-0.1, -0.05) is 0 Å². The van der Waals surface area contributed by atoms with E-state index in [1.54, 1.807) is 6.20 Å². The van der Waals surface area contributed by atoms with Crippen LogP contribution in [0.15, 0.2) is 12.4 Å². The number of rotatable bonds is 2. The topological polar surface area (TPSA) is 78.7 Å². The molecule has 1 aliphatic carbocycles. The molecular formula is C24H32ClIN4O4. The van der Waals surface area contributed by atoms with Crippen molar-refractivity contribution in [1.29, 1.82) is 0 Å². The third-order valence-corrected chi connectivity index (χ3v) is 8.09. The molecule has 5 atom stereocenters. The van der Waals surface area contributed by atoms with E-state index in [0.29, 0.717) is 12.5 Å². The first-order chi connectivity index (χ1) is 15.9. The molecule has 0 bridgehead atoms. The monoisotopic (exact) mass is 602 g/mol. The van der Waals surface area contributed by atoms with Crippen LogP contribution in [0.5, 0.6) is 0 Å². The molecule has 3 aliphatic rings. The van der Waals surface area contributed by atoms with E-state index in [0.717, 1.165) is 40.4 Å². The number of likely N-dealkylation sites (tertiary alicyclic amines) is 1. The molecule has 2 unspecified atom stereocenters. The fourth-order valence-electron chi connectivity index (χ4n) is 5.80. The summed E-state index contributed by atoms with van der Waals surface area (Å²) in [4.78, 5) is 23.4. The molecule has 2 aromatic rings. The van der Waals surface area contributed by atoms with Crippen LogP contribution in [0.25, 0.3) is 11.0 Å². The van der Waals surface area contributed by atoms with Crippen LogP contribution in [0.4, 0.5) is 4.79 Å². The number of amides is 1. The predicted molar refractivity (Wildman–Crippen MR) is 137 cm³/mol. The van der Waals surface area contributed by atoms with Gasteiger partial charge in [-0.05, 0) is 99.9 Å². The van der Waals surface area contributed by atoms with Gasteiger partial charge in [0.05, 0.1) is 17.5 Å². The van der Waals surface area contributed by atoms with Crippen molar-refractivity contribution in [1.82, 2.24) is 19.4 Å². The standard InChI is InChI=1S/C24H32ClIN4O4/c1-23(2,3)34-22(31)29-8-6-7-13(11-29)14-9-17(19-18(14)32-24(4,5)33-19)30-12-16(26)15-10-27-21(25)28-20(15)30/h10,12-14,17-19H,6-9,11H2,1-5H3/t13?,14?,17-,18-,19+/m1/s1. The van der Waals surface area contributed by atoms with Gasteiger partial charge in [-0.15, -0.1) is 0 Å². The quantitative estimate of drug-likeness (QED) is 0.338. The minimum absolute atomic E-state index is 0.0454. The lowest BCUT2D eigenvalue weighted by Crippen LogP contribution is -2.46. The molecule has 5 rings (SSSR count). The largest absolute Gasteiger partial charge is 0.444 e. The molecule has 0 radical (unpaired) electrons. The second kappa shape index (κ2) is 8.74. The highest BCUT2D eigenvalue weighted by Crippen LogP contribution is 2.51. The van der Waals surface area contributed by atoms with E-state index in [1.165, 1.54) is 0 Å². The fraction of sp³-hybridized carbons (Fsp3) is 0.708. The molecule has 0 aromatic carbocycles. The number of fused-ring (bicyclic) bond motifs is 2. The Morgan fingerprint density at radius 2 is 2.03 bits per heavy atom. The van der Waals surface area contributed by atoms with Crippen molar-refractivity contribution in [3.63, 3.8) is 0 Å². The van der Waals surface area contributed by atoms with Gasteiger partial charge < -0.3 is 23.7 Å². The number of halogens is 2. The summed E-state index contributed by atoms with van der Waals surface area (Å²) in [5.41, 5.74) is 0.316. The van der Waals surface area contributed by atoms with Gasteiger partial charge in [0.25, 0.3) is 0 Å². The lowest BCUT2D eigenvalue weighted by molar-refractivity contribution is -0.163. The third kappa shape index (κ3) is 4.65. The van der Waals surface area contributed by atoms with E-state index >= 15 is 0 Å². The number of carbonyl (C=O) groups excluding carboxylic acids is 1. The average molecular weight is 603 g/mol. The zero-order chi connectivity index (χ0) is 24.4. The van der Waals surface area contributed by atoms with E-state index in [9.17, 15) is 4.79 Å². The Morgan fingerprint density at radius 3 is 2.76 bits per heavy atom. The van der Waals surface area contributed by atoms with Gasteiger partial charge in [0, 0.05) is 29.1 Å². The van der Waals surface area contributed by atoms with Gasteiger partial charge in [0.2, 0.25) is 5.28 Å². The highest BCUT2D eigenvalue weighted by molar-refractivity contribution is 14.1.